The molecule has 0 atom stereocenters. The number of aromatic nitrogens is 2. The van der Waals surface area contributed by atoms with Crippen LogP contribution in [0.2, 0.25) is 4.34 Å². The van der Waals surface area contributed by atoms with Crippen LogP contribution in [0.15, 0.2) is 84.2 Å². The zero-order valence-corrected chi connectivity index (χ0v) is 18.3. The number of carbonyl (C=O) groups excluding carboxylic acids is 1. The minimum absolute atomic E-state index is 0.226. The molecule has 0 saturated heterocycles. The lowest BCUT2D eigenvalue weighted by Crippen LogP contribution is -2.34. The first-order chi connectivity index (χ1) is 15.1. The predicted octanol–water partition coefficient (Wildman–Crippen LogP) is 4.99. The Labute approximate surface area is 188 Å². The number of halogens is 1. The van der Waals surface area contributed by atoms with Gasteiger partial charge < -0.3 is 4.90 Å². The molecule has 0 aliphatic carbocycles. The topological polar surface area (TPSA) is 55.2 Å². The Hall–Kier alpha value is -3.22. The fraction of sp³-hybridized carbons (Fsp3) is 0.125. The summed E-state index contributed by atoms with van der Waals surface area (Å²) in [6.45, 7) is 4.80. The molecule has 0 radical (unpaired) electrons. The van der Waals surface area contributed by atoms with Crippen molar-refractivity contribution in [2.45, 2.75) is 13.1 Å². The van der Waals surface area contributed by atoms with Crippen LogP contribution in [0.5, 0.6) is 0 Å². The number of amides is 1. The number of hydrogen-bond donors (Lipinski definition) is 0. The number of rotatable bonds is 7. The Kier molecular flexibility index (Phi) is 6.30. The Balaban J connectivity index is 1.78. The van der Waals surface area contributed by atoms with Gasteiger partial charge in [-0.25, -0.2) is 4.68 Å². The number of nitrogens with zero attached hydrogens (tertiary/aromatic N) is 3. The predicted molar refractivity (Wildman–Crippen MR) is 126 cm³/mol. The van der Waals surface area contributed by atoms with E-state index >= 15 is 0 Å². The number of hydrogen-bond acceptors (Lipinski definition) is 4. The lowest BCUT2D eigenvalue weighted by molar-refractivity contribution is 0.0758. The van der Waals surface area contributed by atoms with Gasteiger partial charge in [-0.3, -0.25) is 9.59 Å². The molecule has 0 saturated carbocycles. The van der Waals surface area contributed by atoms with Crippen molar-refractivity contribution in [1.29, 1.82) is 0 Å². The SMILES string of the molecule is C=CCN(Cc1ccc(Cl)s1)C(=O)c1nn(Cc2ccccc2)c(=O)c2ccccc12. The maximum absolute atomic E-state index is 13.5. The van der Waals surface area contributed by atoms with Crippen molar-refractivity contribution in [3.63, 3.8) is 0 Å². The van der Waals surface area contributed by atoms with Crippen molar-refractivity contribution in [2.75, 3.05) is 6.54 Å². The van der Waals surface area contributed by atoms with Gasteiger partial charge >= 0.3 is 0 Å². The van der Waals surface area contributed by atoms with E-state index in [-0.39, 0.29) is 23.7 Å². The molecule has 0 N–H and O–H groups in total. The van der Waals surface area contributed by atoms with E-state index in [9.17, 15) is 9.59 Å². The van der Waals surface area contributed by atoms with Crippen LogP contribution in [0.25, 0.3) is 10.8 Å². The maximum Gasteiger partial charge on any atom is 0.275 e. The molecule has 7 heteroatoms. The molecule has 0 unspecified atom stereocenters. The maximum atomic E-state index is 13.5. The monoisotopic (exact) mass is 449 g/mol. The van der Waals surface area contributed by atoms with Crippen molar-refractivity contribution in [2.24, 2.45) is 0 Å². The van der Waals surface area contributed by atoms with E-state index in [4.69, 9.17) is 11.6 Å². The van der Waals surface area contributed by atoms with Gasteiger partial charge in [-0.2, -0.15) is 5.10 Å². The Bertz CT molecular complexity index is 1300. The number of fused-ring (bicyclic) bond motifs is 1. The summed E-state index contributed by atoms with van der Waals surface area (Å²) in [6.07, 6.45) is 1.68. The van der Waals surface area contributed by atoms with Crippen molar-refractivity contribution in [3.05, 3.63) is 110 Å². The fourth-order valence-corrected chi connectivity index (χ4v) is 4.51. The molecule has 2 heterocycles. The van der Waals surface area contributed by atoms with Crippen LogP contribution in [-0.4, -0.2) is 27.1 Å². The average molecular weight is 450 g/mol. The van der Waals surface area contributed by atoms with Gasteiger partial charge in [0.15, 0.2) is 5.69 Å². The van der Waals surface area contributed by atoms with Gasteiger partial charge in [0, 0.05) is 16.8 Å². The molecule has 4 rings (SSSR count). The molecule has 0 aliphatic rings. The van der Waals surface area contributed by atoms with Crippen LogP contribution in [0.4, 0.5) is 0 Å². The van der Waals surface area contributed by atoms with Crippen LogP contribution >= 0.6 is 22.9 Å². The fourth-order valence-electron chi connectivity index (χ4n) is 3.41. The molecule has 2 aromatic heterocycles. The van der Waals surface area contributed by atoms with Crippen LogP contribution < -0.4 is 5.56 Å². The summed E-state index contributed by atoms with van der Waals surface area (Å²) in [5.74, 6) is -0.262. The Morgan fingerprint density at radius 2 is 1.77 bits per heavy atom. The van der Waals surface area contributed by atoms with Crippen molar-refractivity contribution < 1.29 is 4.79 Å². The van der Waals surface area contributed by atoms with E-state index in [1.165, 1.54) is 16.0 Å². The summed E-state index contributed by atoms with van der Waals surface area (Å²) in [4.78, 5) is 29.2. The molecule has 4 aromatic rings. The van der Waals surface area contributed by atoms with Gasteiger partial charge in [0.25, 0.3) is 11.5 Å². The average Bonchev–Trinajstić information content (AvgIpc) is 3.20. The molecule has 2 aromatic carbocycles. The molecule has 31 heavy (non-hydrogen) atoms. The normalized spacial score (nSPS) is 10.9. The molecular formula is C24H20ClN3O2S. The standard InChI is InChI=1S/C24H20ClN3O2S/c1-2-14-27(16-18-12-13-21(25)31-18)24(30)22-19-10-6-7-11-20(19)23(29)28(26-22)15-17-8-4-3-5-9-17/h2-13H,1,14-16H2. The quantitative estimate of drug-likeness (QED) is 0.373. The van der Waals surface area contributed by atoms with Gasteiger partial charge in [-0.15, -0.1) is 17.9 Å². The summed E-state index contributed by atoms with van der Waals surface area (Å²) in [6, 6.07) is 20.4. The number of thiophene rings is 1. The van der Waals surface area contributed by atoms with Crippen LogP contribution in [0.1, 0.15) is 20.9 Å². The van der Waals surface area contributed by atoms with Gasteiger partial charge in [0.1, 0.15) is 0 Å². The molecule has 1 amide bonds. The first-order valence-corrected chi connectivity index (χ1v) is 10.9. The molecule has 0 aliphatic heterocycles. The van der Waals surface area contributed by atoms with Crippen LogP contribution in [0, 0.1) is 0 Å². The highest BCUT2D eigenvalue weighted by Crippen LogP contribution is 2.24. The second kappa shape index (κ2) is 9.29. The lowest BCUT2D eigenvalue weighted by Gasteiger charge is -2.21. The molecule has 0 bridgehead atoms. The van der Waals surface area contributed by atoms with Gasteiger partial charge in [-0.05, 0) is 23.8 Å². The molecular weight excluding hydrogens is 430 g/mol. The van der Waals surface area contributed by atoms with Crippen molar-refractivity contribution in [1.82, 2.24) is 14.7 Å². The zero-order chi connectivity index (χ0) is 21.8. The highest BCUT2D eigenvalue weighted by atomic mass is 35.5. The first-order valence-electron chi connectivity index (χ1n) is 9.75. The summed E-state index contributed by atoms with van der Waals surface area (Å²) in [5, 5.41) is 5.51. The highest BCUT2D eigenvalue weighted by molar-refractivity contribution is 7.16. The Morgan fingerprint density at radius 3 is 2.45 bits per heavy atom. The second-order valence-corrected chi connectivity index (χ2v) is 8.82. The van der Waals surface area contributed by atoms with Crippen LogP contribution in [0.3, 0.4) is 0 Å². The zero-order valence-electron chi connectivity index (χ0n) is 16.7. The van der Waals surface area contributed by atoms with E-state index in [0.29, 0.717) is 28.2 Å². The molecule has 0 spiro atoms. The van der Waals surface area contributed by atoms with Crippen LogP contribution in [-0.2, 0) is 13.1 Å². The molecule has 156 valence electrons. The smallest absolute Gasteiger partial charge is 0.275 e. The third kappa shape index (κ3) is 4.60. The summed E-state index contributed by atoms with van der Waals surface area (Å²) in [5.41, 5.74) is 0.953. The summed E-state index contributed by atoms with van der Waals surface area (Å²) < 4.78 is 2.03. The van der Waals surface area contributed by atoms with E-state index < -0.39 is 0 Å². The number of carbonyl (C=O) groups is 1. The van der Waals surface area contributed by atoms with Crippen molar-refractivity contribution in [3.8, 4) is 0 Å². The molecule has 5 nitrogen and oxygen atoms in total. The largest absolute Gasteiger partial charge is 0.328 e. The van der Waals surface area contributed by atoms with E-state index in [2.05, 4.69) is 11.7 Å². The van der Waals surface area contributed by atoms with Crippen molar-refractivity contribution >= 4 is 39.6 Å². The van der Waals surface area contributed by atoms with Gasteiger partial charge in [0.2, 0.25) is 0 Å². The minimum atomic E-state index is -0.262. The first kappa shape index (κ1) is 21.0. The highest BCUT2D eigenvalue weighted by Gasteiger charge is 2.22. The number of benzene rings is 2. The lowest BCUT2D eigenvalue weighted by atomic mass is 10.1. The third-order valence-electron chi connectivity index (χ3n) is 4.86. The molecule has 0 fully saturated rings. The van der Waals surface area contributed by atoms with E-state index in [1.54, 1.807) is 35.2 Å². The summed E-state index contributed by atoms with van der Waals surface area (Å²) >= 11 is 7.48. The van der Waals surface area contributed by atoms with E-state index in [1.807, 2.05) is 42.5 Å². The van der Waals surface area contributed by atoms with Gasteiger partial charge in [0.05, 0.1) is 22.8 Å². The van der Waals surface area contributed by atoms with Gasteiger partial charge in [-0.1, -0.05) is 66.2 Å². The summed E-state index contributed by atoms with van der Waals surface area (Å²) in [7, 11) is 0. The second-order valence-electron chi connectivity index (χ2n) is 7.02. The minimum Gasteiger partial charge on any atom is -0.328 e. The Morgan fingerprint density at radius 1 is 1.06 bits per heavy atom. The third-order valence-corrected chi connectivity index (χ3v) is 6.07. The van der Waals surface area contributed by atoms with E-state index in [0.717, 1.165) is 10.4 Å².